The van der Waals surface area contributed by atoms with Gasteiger partial charge in [0, 0.05) is 28.2 Å². The largest absolute Gasteiger partial charge is 0.494 e. The van der Waals surface area contributed by atoms with Crippen LogP contribution in [0, 0.1) is 0 Å². The Kier molecular flexibility index (Phi) is 7.80. The van der Waals surface area contributed by atoms with Crippen LogP contribution in [0.1, 0.15) is 18.5 Å². The molecule has 0 radical (unpaired) electrons. The number of rotatable bonds is 8. The molecule has 0 aliphatic heterocycles. The van der Waals surface area contributed by atoms with Gasteiger partial charge in [-0.1, -0.05) is 28.1 Å². The van der Waals surface area contributed by atoms with E-state index < -0.39 is 0 Å². The molecule has 1 aromatic heterocycles. The van der Waals surface area contributed by atoms with Gasteiger partial charge in [0.2, 0.25) is 0 Å². The van der Waals surface area contributed by atoms with E-state index in [1.165, 1.54) is 7.11 Å². The number of nitrogens with zero attached hydrogens (tertiary/aromatic N) is 1. The standard InChI is InChI=1S/C27H26BrN3O5/c1-16(17-6-5-7-18(28)12-17)30-27(32)31-21-9-8-19(13-24(21)33-2)36-23-10-11-29-22-15-26(35-4)25(34-3)14-20(22)23/h5-16H,1-4H3,(H2,30,31,32)/t16-/m1/s1. The lowest BCUT2D eigenvalue weighted by molar-refractivity contribution is 0.249. The molecule has 2 amide bonds. The van der Waals surface area contributed by atoms with Crippen LogP contribution in [0.4, 0.5) is 10.5 Å². The van der Waals surface area contributed by atoms with Crippen LogP contribution in [0.25, 0.3) is 10.9 Å². The van der Waals surface area contributed by atoms with Crippen molar-refractivity contribution in [3.63, 3.8) is 0 Å². The highest BCUT2D eigenvalue weighted by atomic mass is 79.9. The number of methoxy groups -OCH3 is 3. The van der Waals surface area contributed by atoms with Crippen LogP contribution < -0.4 is 29.6 Å². The first kappa shape index (κ1) is 25.1. The second-order valence-electron chi connectivity index (χ2n) is 7.87. The molecule has 186 valence electrons. The number of carbonyl (C=O) groups is 1. The lowest BCUT2D eigenvalue weighted by Crippen LogP contribution is -2.31. The van der Waals surface area contributed by atoms with Gasteiger partial charge in [0.05, 0.1) is 38.6 Å². The maximum atomic E-state index is 12.6. The molecule has 0 aliphatic carbocycles. The Morgan fingerprint density at radius 1 is 0.889 bits per heavy atom. The van der Waals surface area contributed by atoms with Crippen LogP contribution in [-0.4, -0.2) is 32.3 Å². The van der Waals surface area contributed by atoms with Crippen molar-refractivity contribution in [2.24, 2.45) is 0 Å². The van der Waals surface area contributed by atoms with E-state index in [0.29, 0.717) is 40.0 Å². The summed E-state index contributed by atoms with van der Waals surface area (Å²) in [6.07, 6.45) is 1.66. The molecule has 0 spiro atoms. The fourth-order valence-electron chi connectivity index (χ4n) is 3.72. The Morgan fingerprint density at radius 3 is 2.36 bits per heavy atom. The minimum Gasteiger partial charge on any atom is -0.494 e. The van der Waals surface area contributed by atoms with Crippen molar-refractivity contribution in [2.45, 2.75) is 13.0 Å². The number of hydrogen-bond donors (Lipinski definition) is 2. The molecular weight excluding hydrogens is 526 g/mol. The predicted molar refractivity (Wildman–Crippen MR) is 143 cm³/mol. The summed E-state index contributed by atoms with van der Waals surface area (Å²) < 4.78 is 23.4. The monoisotopic (exact) mass is 551 g/mol. The molecule has 0 saturated carbocycles. The van der Waals surface area contributed by atoms with E-state index in [9.17, 15) is 4.79 Å². The number of benzene rings is 3. The second kappa shape index (κ2) is 11.2. The van der Waals surface area contributed by atoms with Crippen molar-refractivity contribution >= 4 is 38.6 Å². The number of nitrogens with one attached hydrogen (secondary N) is 2. The molecule has 1 heterocycles. The van der Waals surface area contributed by atoms with Gasteiger partial charge in [-0.3, -0.25) is 4.98 Å². The minimum atomic E-state index is -0.351. The molecule has 9 heteroatoms. The van der Waals surface area contributed by atoms with Gasteiger partial charge >= 0.3 is 6.03 Å². The molecule has 4 rings (SSSR count). The van der Waals surface area contributed by atoms with Gasteiger partial charge in [0.15, 0.2) is 11.5 Å². The third kappa shape index (κ3) is 5.63. The molecule has 8 nitrogen and oxygen atoms in total. The number of fused-ring (bicyclic) bond motifs is 1. The van der Waals surface area contributed by atoms with Crippen LogP contribution in [0.5, 0.6) is 28.7 Å². The van der Waals surface area contributed by atoms with E-state index in [1.54, 1.807) is 50.7 Å². The van der Waals surface area contributed by atoms with E-state index in [4.69, 9.17) is 18.9 Å². The highest BCUT2D eigenvalue weighted by molar-refractivity contribution is 9.10. The number of hydrogen-bond acceptors (Lipinski definition) is 6. The highest BCUT2D eigenvalue weighted by Gasteiger charge is 2.15. The molecule has 3 aromatic carbocycles. The Labute approximate surface area is 217 Å². The maximum absolute atomic E-state index is 12.6. The van der Waals surface area contributed by atoms with Crippen molar-refractivity contribution in [1.29, 1.82) is 0 Å². The molecule has 0 bridgehead atoms. The average molecular weight is 552 g/mol. The quantitative estimate of drug-likeness (QED) is 0.253. The third-order valence-corrected chi connectivity index (χ3v) is 6.05. The topological polar surface area (TPSA) is 90.9 Å². The maximum Gasteiger partial charge on any atom is 0.319 e. The molecule has 0 aliphatic rings. The van der Waals surface area contributed by atoms with Crippen molar-refractivity contribution < 1.29 is 23.7 Å². The summed E-state index contributed by atoms with van der Waals surface area (Å²) in [4.78, 5) is 17.0. The summed E-state index contributed by atoms with van der Waals surface area (Å²) in [6, 6.07) is 17.8. The van der Waals surface area contributed by atoms with E-state index in [2.05, 4.69) is 31.5 Å². The Bertz CT molecular complexity index is 1400. The van der Waals surface area contributed by atoms with E-state index >= 15 is 0 Å². The Balaban J connectivity index is 1.52. The molecule has 0 saturated heterocycles. The predicted octanol–water partition coefficient (Wildman–Crippen LogP) is 6.70. The Morgan fingerprint density at radius 2 is 1.64 bits per heavy atom. The number of halogens is 1. The fraction of sp³-hybridized carbons (Fsp3) is 0.185. The zero-order chi connectivity index (χ0) is 25.7. The van der Waals surface area contributed by atoms with Gasteiger partial charge in [-0.05, 0) is 48.9 Å². The van der Waals surface area contributed by atoms with E-state index in [1.807, 2.05) is 37.3 Å². The Hall–Kier alpha value is -3.98. The first-order chi connectivity index (χ1) is 17.4. The first-order valence-corrected chi connectivity index (χ1v) is 11.9. The van der Waals surface area contributed by atoms with Gasteiger partial charge in [-0.15, -0.1) is 0 Å². The van der Waals surface area contributed by atoms with Gasteiger partial charge in [0.25, 0.3) is 0 Å². The average Bonchev–Trinajstić information content (AvgIpc) is 2.88. The molecule has 0 fully saturated rings. The van der Waals surface area contributed by atoms with Crippen LogP contribution in [0.15, 0.2) is 71.3 Å². The summed E-state index contributed by atoms with van der Waals surface area (Å²) in [5, 5.41) is 6.53. The zero-order valence-electron chi connectivity index (χ0n) is 20.3. The van der Waals surface area contributed by atoms with Crippen LogP contribution in [0.2, 0.25) is 0 Å². The lowest BCUT2D eigenvalue weighted by Gasteiger charge is -2.17. The molecule has 1 atom stereocenters. The highest BCUT2D eigenvalue weighted by Crippen LogP contribution is 2.38. The summed E-state index contributed by atoms with van der Waals surface area (Å²) in [5.41, 5.74) is 2.19. The summed E-state index contributed by atoms with van der Waals surface area (Å²) in [7, 11) is 4.69. The van der Waals surface area contributed by atoms with Gasteiger partial charge in [0.1, 0.15) is 17.2 Å². The molecule has 4 aromatic rings. The van der Waals surface area contributed by atoms with Gasteiger partial charge < -0.3 is 29.6 Å². The number of ether oxygens (including phenoxy) is 4. The van der Waals surface area contributed by atoms with Crippen molar-refractivity contribution in [1.82, 2.24) is 10.3 Å². The van der Waals surface area contributed by atoms with Crippen molar-refractivity contribution in [3.8, 4) is 28.7 Å². The minimum absolute atomic E-state index is 0.188. The van der Waals surface area contributed by atoms with E-state index in [0.717, 1.165) is 15.4 Å². The fourth-order valence-corrected chi connectivity index (χ4v) is 4.13. The van der Waals surface area contributed by atoms with Crippen LogP contribution in [0.3, 0.4) is 0 Å². The van der Waals surface area contributed by atoms with Crippen LogP contribution in [-0.2, 0) is 0 Å². The summed E-state index contributed by atoms with van der Waals surface area (Å²) in [6.45, 7) is 1.92. The third-order valence-electron chi connectivity index (χ3n) is 5.55. The normalized spacial score (nSPS) is 11.5. The number of aromatic nitrogens is 1. The zero-order valence-corrected chi connectivity index (χ0v) is 21.9. The number of anilines is 1. The molecule has 0 unspecified atom stereocenters. The molecule has 2 N–H and O–H groups in total. The molecule has 36 heavy (non-hydrogen) atoms. The molecular formula is C27H26BrN3O5. The van der Waals surface area contributed by atoms with Crippen LogP contribution >= 0.6 is 15.9 Å². The van der Waals surface area contributed by atoms with Gasteiger partial charge in [-0.25, -0.2) is 4.79 Å². The number of amides is 2. The summed E-state index contributed by atoms with van der Waals surface area (Å²) in [5.74, 6) is 2.73. The number of carbonyl (C=O) groups excluding carboxylic acids is 1. The smallest absolute Gasteiger partial charge is 0.319 e. The van der Waals surface area contributed by atoms with Crippen molar-refractivity contribution in [2.75, 3.05) is 26.6 Å². The van der Waals surface area contributed by atoms with Crippen molar-refractivity contribution in [3.05, 3.63) is 76.9 Å². The first-order valence-electron chi connectivity index (χ1n) is 11.1. The summed E-state index contributed by atoms with van der Waals surface area (Å²) >= 11 is 3.45. The number of urea groups is 1. The van der Waals surface area contributed by atoms with Gasteiger partial charge in [-0.2, -0.15) is 0 Å². The second-order valence-corrected chi connectivity index (χ2v) is 8.79. The SMILES string of the molecule is COc1cc(Oc2ccnc3cc(OC)c(OC)cc23)ccc1NC(=O)N[C@H](C)c1cccc(Br)c1. The van der Waals surface area contributed by atoms with E-state index in [-0.39, 0.29) is 12.1 Å². The number of pyridine rings is 1. The lowest BCUT2D eigenvalue weighted by atomic mass is 10.1.